The Morgan fingerprint density at radius 3 is 2.45 bits per heavy atom. The Morgan fingerprint density at radius 1 is 1.00 bits per heavy atom. The lowest BCUT2D eigenvalue weighted by Gasteiger charge is -2.20. The Morgan fingerprint density at radius 2 is 1.75 bits per heavy atom. The average molecular weight is 540 g/mol. The predicted octanol–water partition coefficient (Wildman–Crippen LogP) is 7.63. The van der Waals surface area contributed by atoms with Crippen LogP contribution in [0.15, 0.2) is 72.8 Å². The second-order valence-electron chi connectivity index (χ2n) is 11.2. The maximum Gasteiger partial charge on any atom is 0.435 e. The highest BCUT2D eigenvalue weighted by molar-refractivity contribution is 5.73. The first-order valence-electron chi connectivity index (χ1n) is 13.5. The number of carbonyl (C=O) groups excluding carboxylic acids is 1. The molecule has 0 aliphatic heterocycles. The molecule has 4 aromatic rings. The topological polar surface area (TPSA) is 112 Å². The fraction of sp³-hybridized carbons (Fsp3) is 0.323. The molecule has 0 unspecified atom stereocenters. The van der Waals surface area contributed by atoms with Gasteiger partial charge in [-0.15, -0.1) is 5.10 Å². The van der Waals surface area contributed by atoms with Crippen LogP contribution in [-0.2, 0) is 11.2 Å². The molecule has 1 aliphatic carbocycles. The van der Waals surface area contributed by atoms with Crippen molar-refractivity contribution in [2.24, 2.45) is 0 Å². The summed E-state index contributed by atoms with van der Waals surface area (Å²) in [7, 11) is 0. The summed E-state index contributed by atoms with van der Waals surface area (Å²) in [4.78, 5) is 28.8. The molecule has 9 heteroatoms. The summed E-state index contributed by atoms with van der Waals surface area (Å²) < 4.78 is 7.02. The highest BCUT2D eigenvalue weighted by atomic mass is 16.6. The number of pyridine rings is 1. The van der Waals surface area contributed by atoms with Crippen molar-refractivity contribution in [3.8, 4) is 11.3 Å². The van der Waals surface area contributed by atoms with Crippen LogP contribution in [0.3, 0.4) is 0 Å². The smallest absolute Gasteiger partial charge is 0.435 e. The summed E-state index contributed by atoms with van der Waals surface area (Å²) in [5, 5.41) is 19.3. The van der Waals surface area contributed by atoms with Crippen LogP contribution in [0.5, 0.6) is 0 Å². The van der Waals surface area contributed by atoms with Crippen molar-refractivity contribution in [3.63, 3.8) is 0 Å². The molecule has 0 radical (unpaired) electrons. The molecule has 5 rings (SSSR count). The first-order valence-corrected chi connectivity index (χ1v) is 13.5. The van der Waals surface area contributed by atoms with Crippen molar-refractivity contribution >= 4 is 23.4 Å². The Balaban J connectivity index is 1.52. The van der Waals surface area contributed by atoms with Gasteiger partial charge in [-0.25, -0.2) is 9.78 Å². The third-order valence-electron chi connectivity index (χ3n) is 6.82. The second kappa shape index (κ2) is 11.3. The molecule has 40 heavy (non-hydrogen) atoms. The van der Waals surface area contributed by atoms with Crippen molar-refractivity contribution in [2.75, 3.05) is 5.32 Å². The molecule has 1 N–H and O–H groups in total. The summed E-state index contributed by atoms with van der Waals surface area (Å²) in [5.41, 5.74) is 3.52. The van der Waals surface area contributed by atoms with Crippen LogP contribution < -0.4 is 5.32 Å². The van der Waals surface area contributed by atoms with Crippen LogP contribution >= 0.6 is 0 Å². The Hall–Kier alpha value is -4.53. The lowest BCUT2D eigenvalue weighted by Crippen LogP contribution is -2.29. The first-order chi connectivity index (χ1) is 19.1. The maximum absolute atomic E-state index is 13.1. The van der Waals surface area contributed by atoms with Gasteiger partial charge >= 0.3 is 6.09 Å². The minimum Gasteiger partial charge on any atom is -0.442 e. The molecule has 0 saturated heterocycles. The van der Waals surface area contributed by atoms with E-state index in [2.05, 4.69) is 22.5 Å². The Kier molecular flexibility index (Phi) is 7.64. The zero-order valence-electron chi connectivity index (χ0n) is 23.0. The standard InChI is InChI=1S/C31H33N5O4/c1-31(2,3)40-30(37)35-27(23-12-7-8-13-23)20-29(34-35)33-28-18-22(16-21-10-5-4-6-11-21)17-26(32-28)24-14-9-15-25(19-24)36(38)39/h4-6,9-11,14-15,17-20,23H,7-8,12-13,16H2,1-3H3,(H,32,33,34). The third kappa shape index (κ3) is 6.54. The van der Waals surface area contributed by atoms with Crippen molar-refractivity contribution in [3.05, 3.63) is 99.7 Å². The van der Waals surface area contributed by atoms with E-state index in [1.54, 1.807) is 12.1 Å². The summed E-state index contributed by atoms with van der Waals surface area (Å²) in [5.74, 6) is 1.25. The highest BCUT2D eigenvalue weighted by Gasteiger charge is 2.28. The van der Waals surface area contributed by atoms with Crippen LogP contribution in [0.1, 0.15) is 69.2 Å². The fourth-order valence-electron chi connectivity index (χ4n) is 5.06. The number of aromatic nitrogens is 3. The Labute approximate surface area is 233 Å². The number of non-ortho nitro benzene ring substituents is 1. The van der Waals surface area contributed by atoms with Crippen molar-refractivity contribution in [2.45, 2.75) is 64.4 Å². The summed E-state index contributed by atoms with van der Waals surface area (Å²) in [6.07, 6.45) is 4.36. The number of anilines is 2. The molecule has 0 atom stereocenters. The number of rotatable bonds is 7. The molecular weight excluding hydrogens is 506 g/mol. The molecule has 1 fully saturated rings. The SMILES string of the molecule is CC(C)(C)OC(=O)n1nc(Nc2cc(Cc3ccccc3)cc(-c3cccc([N+](=O)[O-])c3)n2)cc1C1CCCC1. The van der Waals surface area contributed by atoms with Gasteiger partial charge in [-0.1, -0.05) is 55.3 Å². The maximum atomic E-state index is 13.1. The molecule has 2 aromatic carbocycles. The molecule has 2 aromatic heterocycles. The van der Waals surface area contributed by atoms with Gasteiger partial charge in [0.15, 0.2) is 5.82 Å². The number of nitrogens with one attached hydrogen (secondary N) is 1. The largest absolute Gasteiger partial charge is 0.442 e. The van der Waals surface area contributed by atoms with Crippen LogP contribution in [0.4, 0.5) is 22.1 Å². The van der Waals surface area contributed by atoms with Gasteiger partial charge < -0.3 is 10.1 Å². The fourth-order valence-corrected chi connectivity index (χ4v) is 5.06. The molecule has 1 aliphatic rings. The summed E-state index contributed by atoms with van der Waals surface area (Å²) >= 11 is 0. The van der Waals surface area contributed by atoms with Gasteiger partial charge in [0.2, 0.25) is 0 Å². The van der Waals surface area contributed by atoms with E-state index >= 15 is 0 Å². The minimum atomic E-state index is -0.649. The minimum absolute atomic E-state index is 0.000388. The van der Waals surface area contributed by atoms with E-state index in [1.807, 2.05) is 57.2 Å². The molecular formula is C31H33N5O4. The number of hydrogen-bond acceptors (Lipinski definition) is 7. The average Bonchev–Trinajstić information content (AvgIpc) is 3.59. The predicted molar refractivity (Wildman–Crippen MR) is 154 cm³/mol. The van der Waals surface area contributed by atoms with Crippen LogP contribution in [0.25, 0.3) is 11.3 Å². The molecule has 0 amide bonds. The zero-order chi connectivity index (χ0) is 28.3. The van der Waals surface area contributed by atoms with Gasteiger partial charge in [-0.3, -0.25) is 10.1 Å². The quantitative estimate of drug-likeness (QED) is 0.190. The summed E-state index contributed by atoms with van der Waals surface area (Å²) in [6, 6.07) is 22.3. The van der Waals surface area contributed by atoms with E-state index in [0.717, 1.165) is 42.5 Å². The van der Waals surface area contributed by atoms with E-state index in [-0.39, 0.29) is 11.6 Å². The Bertz CT molecular complexity index is 1520. The second-order valence-corrected chi connectivity index (χ2v) is 11.2. The van der Waals surface area contributed by atoms with Crippen LogP contribution in [-0.4, -0.2) is 31.4 Å². The third-order valence-corrected chi connectivity index (χ3v) is 6.82. The van der Waals surface area contributed by atoms with Gasteiger partial charge in [-0.2, -0.15) is 4.68 Å². The monoisotopic (exact) mass is 539 g/mol. The van der Waals surface area contributed by atoms with Crippen molar-refractivity contribution in [1.29, 1.82) is 0 Å². The number of hydrogen-bond donors (Lipinski definition) is 1. The van der Waals surface area contributed by atoms with Gasteiger partial charge in [0.1, 0.15) is 11.4 Å². The van der Waals surface area contributed by atoms with Crippen LogP contribution in [0.2, 0.25) is 0 Å². The number of nitrogens with zero attached hydrogens (tertiary/aromatic N) is 4. The summed E-state index contributed by atoms with van der Waals surface area (Å²) in [6.45, 7) is 5.50. The van der Waals surface area contributed by atoms with E-state index in [0.29, 0.717) is 29.3 Å². The van der Waals surface area contributed by atoms with Gasteiger partial charge in [0.25, 0.3) is 5.69 Å². The number of carbonyl (C=O) groups is 1. The zero-order valence-corrected chi connectivity index (χ0v) is 23.0. The lowest BCUT2D eigenvalue weighted by atomic mass is 10.0. The molecule has 0 bridgehead atoms. The molecule has 2 heterocycles. The number of nitro groups is 1. The number of nitro benzene ring substituents is 1. The molecule has 0 spiro atoms. The van der Waals surface area contributed by atoms with E-state index in [4.69, 9.17) is 9.72 Å². The number of benzene rings is 2. The lowest BCUT2D eigenvalue weighted by molar-refractivity contribution is -0.384. The van der Waals surface area contributed by atoms with Gasteiger partial charge in [0.05, 0.1) is 16.3 Å². The highest BCUT2D eigenvalue weighted by Crippen LogP contribution is 2.36. The number of ether oxygens (including phenoxy) is 1. The molecule has 9 nitrogen and oxygen atoms in total. The van der Waals surface area contributed by atoms with Crippen molar-refractivity contribution in [1.82, 2.24) is 14.8 Å². The van der Waals surface area contributed by atoms with Crippen molar-refractivity contribution < 1.29 is 14.5 Å². The first kappa shape index (κ1) is 27.1. The molecule has 1 saturated carbocycles. The van der Waals surface area contributed by atoms with E-state index in [1.165, 1.54) is 16.8 Å². The normalized spacial score (nSPS) is 13.8. The molecule has 206 valence electrons. The van der Waals surface area contributed by atoms with E-state index < -0.39 is 16.6 Å². The van der Waals surface area contributed by atoms with Gasteiger partial charge in [-0.05, 0) is 63.3 Å². The van der Waals surface area contributed by atoms with E-state index in [9.17, 15) is 14.9 Å². The van der Waals surface area contributed by atoms with Crippen LogP contribution in [0, 0.1) is 10.1 Å². The van der Waals surface area contributed by atoms with Gasteiger partial charge in [0, 0.05) is 29.7 Å².